The number of methoxy groups -OCH3 is 1. The van der Waals surface area contributed by atoms with Crippen molar-refractivity contribution in [3.05, 3.63) is 47.3 Å². The molecule has 0 saturated carbocycles. The lowest BCUT2D eigenvalue weighted by atomic mass is 9.92. The molecule has 2 aromatic rings. The summed E-state index contributed by atoms with van der Waals surface area (Å²) in [6.45, 7) is 4.41. The van der Waals surface area contributed by atoms with Crippen molar-refractivity contribution in [1.29, 1.82) is 0 Å². The van der Waals surface area contributed by atoms with E-state index in [-0.39, 0.29) is 12.7 Å². The Balaban J connectivity index is 1.38. The Labute approximate surface area is 165 Å². The van der Waals surface area contributed by atoms with Gasteiger partial charge in [0.1, 0.15) is 0 Å². The SMILES string of the molecule is COCCN1CCCC(c2[nH]ccc2C(=O)NCc2ccc3c(c2)OCO3)C1. The van der Waals surface area contributed by atoms with Crippen LogP contribution in [0.4, 0.5) is 0 Å². The molecule has 3 heterocycles. The summed E-state index contributed by atoms with van der Waals surface area (Å²) in [6, 6.07) is 7.61. The molecule has 4 rings (SSSR count). The van der Waals surface area contributed by atoms with Crippen molar-refractivity contribution < 1.29 is 19.0 Å². The molecular formula is C21H27N3O4. The number of hydrogen-bond donors (Lipinski definition) is 2. The minimum absolute atomic E-state index is 0.0528. The van der Waals surface area contributed by atoms with E-state index in [0.29, 0.717) is 12.5 Å². The van der Waals surface area contributed by atoms with Gasteiger partial charge in [0.25, 0.3) is 5.91 Å². The quantitative estimate of drug-likeness (QED) is 0.766. The standard InChI is InChI=1S/C21H27N3O4/c1-26-10-9-24-8-2-3-16(13-24)20-17(6-7-22-20)21(25)23-12-15-4-5-18-19(11-15)28-14-27-18/h4-7,11,16,22H,2-3,8-10,12-14H2,1H3,(H,23,25). The van der Waals surface area contributed by atoms with E-state index < -0.39 is 0 Å². The van der Waals surface area contributed by atoms with Crippen LogP contribution < -0.4 is 14.8 Å². The highest BCUT2D eigenvalue weighted by Crippen LogP contribution is 2.32. The summed E-state index contributed by atoms with van der Waals surface area (Å²) >= 11 is 0. The van der Waals surface area contributed by atoms with E-state index in [1.807, 2.05) is 30.5 Å². The van der Waals surface area contributed by atoms with E-state index >= 15 is 0 Å². The van der Waals surface area contributed by atoms with Crippen molar-refractivity contribution >= 4 is 5.91 Å². The van der Waals surface area contributed by atoms with Crippen molar-refractivity contribution in [3.8, 4) is 11.5 Å². The number of likely N-dealkylation sites (tertiary alicyclic amines) is 1. The molecule has 1 saturated heterocycles. The molecule has 1 unspecified atom stereocenters. The van der Waals surface area contributed by atoms with Crippen LogP contribution in [0.3, 0.4) is 0 Å². The number of H-pyrrole nitrogens is 1. The van der Waals surface area contributed by atoms with E-state index in [1.165, 1.54) is 0 Å². The first-order valence-electron chi connectivity index (χ1n) is 9.80. The zero-order valence-corrected chi connectivity index (χ0v) is 16.2. The zero-order valence-electron chi connectivity index (χ0n) is 16.2. The van der Waals surface area contributed by atoms with Gasteiger partial charge in [-0.05, 0) is 43.1 Å². The normalized spacial score (nSPS) is 19.0. The Hall–Kier alpha value is -2.51. The molecule has 150 valence electrons. The number of aromatic amines is 1. The monoisotopic (exact) mass is 385 g/mol. The first-order valence-corrected chi connectivity index (χ1v) is 9.80. The maximum atomic E-state index is 12.8. The van der Waals surface area contributed by atoms with Gasteiger partial charge in [-0.1, -0.05) is 6.07 Å². The van der Waals surface area contributed by atoms with Crippen molar-refractivity contribution in [1.82, 2.24) is 15.2 Å². The van der Waals surface area contributed by atoms with Crippen LogP contribution in [0.15, 0.2) is 30.5 Å². The molecule has 2 aliphatic rings. The van der Waals surface area contributed by atoms with Crippen LogP contribution in [0.1, 0.15) is 40.4 Å². The van der Waals surface area contributed by atoms with Gasteiger partial charge in [0.2, 0.25) is 6.79 Å². The van der Waals surface area contributed by atoms with Crippen LogP contribution in [0.2, 0.25) is 0 Å². The minimum Gasteiger partial charge on any atom is -0.454 e. The van der Waals surface area contributed by atoms with Gasteiger partial charge in [0.15, 0.2) is 11.5 Å². The smallest absolute Gasteiger partial charge is 0.253 e. The Morgan fingerprint density at radius 3 is 3.11 bits per heavy atom. The Kier molecular flexibility index (Phi) is 5.83. The highest BCUT2D eigenvalue weighted by Gasteiger charge is 2.26. The molecule has 0 radical (unpaired) electrons. The molecule has 1 amide bonds. The van der Waals surface area contributed by atoms with Crippen molar-refractivity contribution in [2.45, 2.75) is 25.3 Å². The number of fused-ring (bicyclic) bond motifs is 1. The van der Waals surface area contributed by atoms with Crippen LogP contribution in [-0.4, -0.2) is 55.9 Å². The van der Waals surface area contributed by atoms with Crippen LogP contribution in [-0.2, 0) is 11.3 Å². The Morgan fingerprint density at radius 1 is 1.32 bits per heavy atom. The molecule has 0 aliphatic carbocycles. The average Bonchev–Trinajstić information content (AvgIpc) is 3.39. The summed E-state index contributed by atoms with van der Waals surface area (Å²) in [5.41, 5.74) is 2.75. The van der Waals surface area contributed by atoms with Gasteiger partial charge in [-0.2, -0.15) is 0 Å². The lowest BCUT2D eigenvalue weighted by molar-refractivity contribution is 0.0947. The van der Waals surface area contributed by atoms with Gasteiger partial charge < -0.3 is 29.4 Å². The number of aromatic nitrogens is 1. The molecule has 1 atom stereocenters. The summed E-state index contributed by atoms with van der Waals surface area (Å²) in [4.78, 5) is 18.5. The van der Waals surface area contributed by atoms with Crippen LogP contribution in [0.5, 0.6) is 11.5 Å². The topological polar surface area (TPSA) is 75.8 Å². The van der Waals surface area contributed by atoms with Crippen LogP contribution in [0.25, 0.3) is 0 Å². The van der Waals surface area contributed by atoms with Gasteiger partial charge in [-0.3, -0.25) is 4.79 Å². The van der Waals surface area contributed by atoms with E-state index in [9.17, 15) is 4.79 Å². The molecule has 1 aromatic heterocycles. The molecule has 28 heavy (non-hydrogen) atoms. The summed E-state index contributed by atoms with van der Waals surface area (Å²) in [5.74, 6) is 1.76. The Morgan fingerprint density at radius 2 is 2.21 bits per heavy atom. The van der Waals surface area contributed by atoms with E-state index in [4.69, 9.17) is 14.2 Å². The number of hydrogen-bond acceptors (Lipinski definition) is 5. The maximum absolute atomic E-state index is 12.8. The first-order chi connectivity index (χ1) is 13.7. The molecule has 7 nitrogen and oxygen atoms in total. The van der Waals surface area contributed by atoms with E-state index in [1.54, 1.807) is 7.11 Å². The van der Waals surface area contributed by atoms with Crippen molar-refractivity contribution in [3.63, 3.8) is 0 Å². The van der Waals surface area contributed by atoms with Gasteiger partial charge in [-0.15, -0.1) is 0 Å². The molecule has 0 spiro atoms. The fourth-order valence-electron chi connectivity index (χ4n) is 3.96. The Bertz CT molecular complexity index is 820. The van der Waals surface area contributed by atoms with E-state index in [2.05, 4.69) is 15.2 Å². The van der Waals surface area contributed by atoms with Crippen LogP contribution >= 0.6 is 0 Å². The third kappa shape index (κ3) is 4.15. The number of nitrogens with one attached hydrogen (secondary N) is 2. The lowest BCUT2D eigenvalue weighted by Crippen LogP contribution is -2.37. The summed E-state index contributed by atoms with van der Waals surface area (Å²) in [7, 11) is 1.73. The van der Waals surface area contributed by atoms with Gasteiger partial charge in [0, 0.05) is 44.6 Å². The zero-order chi connectivity index (χ0) is 19.3. The first kappa shape index (κ1) is 18.8. The van der Waals surface area contributed by atoms with E-state index in [0.717, 1.165) is 67.4 Å². The fraction of sp³-hybridized carbons (Fsp3) is 0.476. The molecule has 2 aliphatic heterocycles. The molecular weight excluding hydrogens is 358 g/mol. The molecule has 1 fully saturated rings. The minimum atomic E-state index is -0.0528. The fourth-order valence-corrected chi connectivity index (χ4v) is 3.96. The third-order valence-corrected chi connectivity index (χ3v) is 5.44. The van der Waals surface area contributed by atoms with Gasteiger partial charge in [-0.25, -0.2) is 0 Å². The molecule has 7 heteroatoms. The predicted octanol–water partition coefficient (Wildman–Crippen LogP) is 2.50. The second-order valence-corrected chi connectivity index (χ2v) is 7.31. The van der Waals surface area contributed by atoms with Crippen molar-refractivity contribution in [2.75, 3.05) is 40.1 Å². The summed E-state index contributed by atoms with van der Waals surface area (Å²) < 4.78 is 15.9. The number of benzene rings is 1. The highest BCUT2D eigenvalue weighted by atomic mass is 16.7. The second kappa shape index (κ2) is 8.67. The number of rotatable bonds is 7. The number of piperidine rings is 1. The highest BCUT2D eigenvalue weighted by molar-refractivity contribution is 5.95. The van der Waals surface area contributed by atoms with Crippen molar-refractivity contribution in [2.24, 2.45) is 0 Å². The maximum Gasteiger partial charge on any atom is 0.253 e. The third-order valence-electron chi connectivity index (χ3n) is 5.44. The number of nitrogens with zero attached hydrogens (tertiary/aromatic N) is 1. The predicted molar refractivity (Wildman–Crippen MR) is 105 cm³/mol. The molecule has 2 N–H and O–H groups in total. The van der Waals surface area contributed by atoms with Crippen LogP contribution in [0, 0.1) is 0 Å². The second-order valence-electron chi connectivity index (χ2n) is 7.31. The van der Waals surface area contributed by atoms with Gasteiger partial charge >= 0.3 is 0 Å². The van der Waals surface area contributed by atoms with Gasteiger partial charge in [0.05, 0.1) is 12.2 Å². The molecule has 0 bridgehead atoms. The molecule has 1 aromatic carbocycles. The number of carbonyl (C=O) groups excluding carboxylic acids is 1. The number of ether oxygens (including phenoxy) is 3. The average molecular weight is 385 g/mol. The number of amides is 1. The number of carbonyl (C=O) groups is 1. The summed E-state index contributed by atoms with van der Waals surface area (Å²) in [6.07, 6.45) is 4.08. The lowest BCUT2D eigenvalue weighted by Gasteiger charge is -2.32. The summed E-state index contributed by atoms with van der Waals surface area (Å²) in [5, 5.41) is 3.03. The largest absolute Gasteiger partial charge is 0.454 e.